The van der Waals surface area contributed by atoms with E-state index in [0.717, 1.165) is 34.8 Å². The van der Waals surface area contributed by atoms with E-state index in [4.69, 9.17) is 0 Å². The normalized spacial score (nSPS) is 14.4. The molecule has 0 aliphatic heterocycles. The molecule has 0 saturated heterocycles. The summed E-state index contributed by atoms with van der Waals surface area (Å²) >= 11 is 1.63. The molecule has 1 aromatic carbocycles. The quantitative estimate of drug-likeness (QED) is 0.433. The number of nitriles is 1. The summed E-state index contributed by atoms with van der Waals surface area (Å²) in [4.78, 5) is 17.3. The molecular formula is C22H21N5OS. The topological polar surface area (TPSA) is 84.5 Å². The molecule has 0 N–H and O–H groups in total. The molecule has 6 nitrogen and oxygen atoms in total. The number of aryl methyl sites for hydroxylation is 1. The molecule has 1 atom stereocenters. The lowest BCUT2D eigenvalue weighted by Crippen LogP contribution is -2.09. The number of thioether (sulfide) groups is 1. The van der Waals surface area contributed by atoms with Gasteiger partial charge >= 0.3 is 0 Å². The van der Waals surface area contributed by atoms with Crippen LogP contribution in [0.2, 0.25) is 0 Å². The first-order valence-corrected chi connectivity index (χ1v) is 10.5. The highest BCUT2D eigenvalue weighted by atomic mass is 32.2. The van der Waals surface area contributed by atoms with Crippen LogP contribution in [0.25, 0.3) is 0 Å². The molecule has 146 valence electrons. The average molecular weight is 404 g/mol. The molecule has 0 spiro atoms. The summed E-state index contributed by atoms with van der Waals surface area (Å²) in [5.41, 5.74) is 3.89. The second-order valence-corrected chi connectivity index (χ2v) is 8.65. The van der Waals surface area contributed by atoms with Gasteiger partial charge in [-0.3, -0.25) is 4.79 Å². The number of rotatable bonds is 7. The number of benzene rings is 1. The van der Waals surface area contributed by atoms with Gasteiger partial charge in [0.2, 0.25) is 0 Å². The zero-order chi connectivity index (χ0) is 20.4. The zero-order valence-electron chi connectivity index (χ0n) is 16.4. The zero-order valence-corrected chi connectivity index (χ0v) is 17.2. The Balaban J connectivity index is 1.49. The number of hydrogen-bond acceptors (Lipinski definition) is 6. The van der Waals surface area contributed by atoms with Crippen LogP contribution in [0, 0.1) is 11.3 Å². The highest BCUT2D eigenvalue weighted by Crippen LogP contribution is 2.40. The SMILES string of the molecule is C[C@H](Sc1nncn1C)c1cccc(CC(=O)c2ccc(C#N)c(C3CC3)n2)c1. The number of hydrogen-bond donors (Lipinski definition) is 0. The van der Waals surface area contributed by atoms with Gasteiger partial charge in [-0.25, -0.2) is 4.98 Å². The van der Waals surface area contributed by atoms with Gasteiger partial charge in [0.1, 0.15) is 18.1 Å². The first kappa shape index (κ1) is 19.3. The van der Waals surface area contributed by atoms with Crippen molar-refractivity contribution < 1.29 is 4.79 Å². The number of aromatic nitrogens is 4. The molecule has 1 fully saturated rings. The number of Topliss-reactive ketones (excluding diaryl/α,β-unsaturated/α-hetero) is 1. The fourth-order valence-corrected chi connectivity index (χ4v) is 4.14. The van der Waals surface area contributed by atoms with E-state index >= 15 is 0 Å². The molecule has 0 unspecified atom stereocenters. The predicted octanol–water partition coefficient (Wildman–Crippen LogP) is 4.24. The van der Waals surface area contributed by atoms with Crippen LogP contribution < -0.4 is 0 Å². The Bertz CT molecular complexity index is 1100. The number of carbonyl (C=O) groups is 1. The van der Waals surface area contributed by atoms with Crippen LogP contribution in [0.15, 0.2) is 47.9 Å². The summed E-state index contributed by atoms with van der Waals surface area (Å²) in [6.07, 6.45) is 4.06. The van der Waals surface area contributed by atoms with Crippen LogP contribution in [0.4, 0.5) is 0 Å². The molecule has 1 aliphatic rings. The van der Waals surface area contributed by atoms with Gasteiger partial charge in [0.05, 0.1) is 11.3 Å². The fraction of sp³-hybridized carbons (Fsp3) is 0.318. The lowest BCUT2D eigenvalue weighted by Gasteiger charge is -2.12. The number of pyridine rings is 1. The van der Waals surface area contributed by atoms with Crippen LogP contribution in [-0.2, 0) is 13.5 Å². The van der Waals surface area contributed by atoms with Crippen molar-refractivity contribution in [2.24, 2.45) is 7.05 Å². The second kappa shape index (κ2) is 8.18. The molecule has 0 bridgehead atoms. The molecule has 29 heavy (non-hydrogen) atoms. The van der Waals surface area contributed by atoms with Crippen molar-refractivity contribution in [2.75, 3.05) is 0 Å². The third-order valence-electron chi connectivity index (χ3n) is 5.03. The highest BCUT2D eigenvalue weighted by molar-refractivity contribution is 7.99. The van der Waals surface area contributed by atoms with Gasteiger partial charge in [0.15, 0.2) is 10.9 Å². The lowest BCUT2D eigenvalue weighted by molar-refractivity contribution is 0.0988. The van der Waals surface area contributed by atoms with E-state index in [0.29, 0.717) is 17.2 Å². The molecule has 0 amide bonds. The van der Waals surface area contributed by atoms with E-state index in [1.54, 1.807) is 30.2 Å². The number of ketones is 1. The van der Waals surface area contributed by atoms with Crippen molar-refractivity contribution in [2.45, 2.75) is 42.5 Å². The van der Waals surface area contributed by atoms with E-state index in [9.17, 15) is 10.1 Å². The van der Waals surface area contributed by atoms with Gasteiger partial charge in [-0.05, 0) is 43.0 Å². The van der Waals surface area contributed by atoms with E-state index < -0.39 is 0 Å². The Morgan fingerprint density at radius 2 is 2.17 bits per heavy atom. The van der Waals surface area contributed by atoms with Crippen LogP contribution in [-0.4, -0.2) is 25.5 Å². The van der Waals surface area contributed by atoms with Crippen LogP contribution in [0.5, 0.6) is 0 Å². The van der Waals surface area contributed by atoms with Crippen LogP contribution in [0.3, 0.4) is 0 Å². The summed E-state index contributed by atoms with van der Waals surface area (Å²) in [5, 5.41) is 18.3. The second-order valence-electron chi connectivity index (χ2n) is 7.34. The van der Waals surface area contributed by atoms with Crippen molar-refractivity contribution in [3.05, 3.63) is 70.8 Å². The van der Waals surface area contributed by atoms with Gasteiger partial charge in [-0.15, -0.1) is 10.2 Å². The minimum absolute atomic E-state index is 0.0258. The summed E-state index contributed by atoms with van der Waals surface area (Å²) < 4.78 is 1.89. The smallest absolute Gasteiger partial charge is 0.191 e. The lowest BCUT2D eigenvalue weighted by atomic mass is 10.0. The van der Waals surface area contributed by atoms with Crippen molar-refractivity contribution in [1.29, 1.82) is 5.26 Å². The van der Waals surface area contributed by atoms with E-state index in [2.05, 4.69) is 40.3 Å². The maximum Gasteiger partial charge on any atom is 0.191 e. The van der Waals surface area contributed by atoms with E-state index in [1.807, 2.05) is 23.7 Å². The Morgan fingerprint density at radius 3 is 2.86 bits per heavy atom. The van der Waals surface area contributed by atoms with Gasteiger partial charge in [-0.1, -0.05) is 36.0 Å². The Kier molecular flexibility index (Phi) is 5.45. The van der Waals surface area contributed by atoms with Crippen LogP contribution >= 0.6 is 11.8 Å². The number of carbonyl (C=O) groups excluding carboxylic acids is 1. The molecular weight excluding hydrogens is 382 g/mol. The molecule has 4 rings (SSSR count). The monoisotopic (exact) mass is 403 g/mol. The third-order valence-corrected chi connectivity index (χ3v) is 6.24. The standard InChI is InChI=1S/C22H21N5OS/c1-14(29-22-26-24-13-27(22)2)17-5-3-4-15(10-17)11-20(28)19-9-8-18(12-23)21(25-19)16-6-7-16/h3-5,8-10,13-14,16H,6-7,11H2,1-2H3/t14-/m0/s1. The van der Waals surface area contributed by atoms with Gasteiger partial charge in [-0.2, -0.15) is 5.26 Å². The summed E-state index contributed by atoms with van der Waals surface area (Å²) in [7, 11) is 1.92. The van der Waals surface area contributed by atoms with E-state index in [-0.39, 0.29) is 17.5 Å². The Morgan fingerprint density at radius 1 is 1.34 bits per heavy atom. The van der Waals surface area contributed by atoms with Crippen molar-refractivity contribution in [1.82, 2.24) is 19.7 Å². The molecule has 0 radical (unpaired) electrons. The van der Waals surface area contributed by atoms with Gasteiger partial charge in [0.25, 0.3) is 0 Å². The summed E-state index contributed by atoms with van der Waals surface area (Å²) in [6, 6.07) is 13.7. The Labute approximate surface area is 174 Å². The maximum atomic E-state index is 12.8. The fourth-order valence-electron chi connectivity index (χ4n) is 3.23. The van der Waals surface area contributed by atoms with Crippen molar-refractivity contribution in [3.63, 3.8) is 0 Å². The van der Waals surface area contributed by atoms with Crippen molar-refractivity contribution >= 4 is 17.5 Å². The molecule has 1 aliphatic carbocycles. The Hall–Kier alpha value is -2.98. The third kappa shape index (κ3) is 4.38. The highest BCUT2D eigenvalue weighted by Gasteiger charge is 2.28. The average Bonchev–Trinajstić information content (AvgIpc) is 3.51. The first-order chi connectivity index (χ1) is 14.0. The first-order valence-electron chi connectivity index (χ1n) is 9.59. The molecule has 2 heterocycles. The minimum Gasteiger partial charge on any atom is -0.312 e. The summed E-state index contributed by atoms with van der Waals surface area (Å²) in [5.74, 6) is 0.307. The number of nitrogens with zero attached hydrogens (tertiary/aromatic N) is 5. The van der Waals surface area contributed by atoms with Crippen LogP contribution in [0.1, 0.15) is 63.8 Å². The van der Waals surface area contributed by atoms with Gasteiger partial charge in [0, 0.05) is 24.6 Å². The molecule has 1 saturated carbocycles. The van der Waals surface area contributed by atoms with Gasteiger partial charge < -0.3 is 4.57 Å². The predicted molar refractivity (Wildman–Crippen MR) is 111 cm³/mol. The molecule has 2 aromatic heterocycles. The minimum atomic E-state index is -0.0258. The summed E-state index contributed by atoms with van der Waals surface area (Å²) in [6.45, 7) is 2.12. The maximum absolute atomic E-state index is 12.8. The largest absolute Gasteiger partial charge is 0.312 e. The molecule has 3 aromatic rings. The molecule has 7 heteroatoms. The van der Waals surface area contributed by atoms with E-state index in [1.165, 1.54) is 0 Å². The van der Waals surface area contributed by atoms with Crippen molar-refractivity contribution in [3.8, 4) is 6.07 Å².